The zero-order chi connectivity index (χ0) is 19.6. The largest absolute Gasteiger partial charge is 0.481 e. The van der Waals surface area contributed by atoms with E-state index in [1.165, 1.54) is 7.05 Å². The molecule has 0 amide bonds. The number of carbonyl (C=O) groups is 1. The predicted molar refractivity (Wildman–Crippen MR) is 96.5 cm³/mol. The highest BCUT2D eigenvalue weighted by molar-refractivity contribution is 8.17. The number of aliphatic carboxylic acids is 1. The van der Waals surface area contributed by atoms with E-state index in [1.807, 2.05) is 34.6 Å². The molecule has 7 heteroatoms. The number of aliphatic imine (C=N–C) groups is 1. The minimum atomic E-state index is -4.41. The summed E-state index contributed by atoms with van der Waals surface area (Å²) in [6.45, 7) is 13.6. The molecule has 1 N–H and O–H groups in total. The number of alkyl halides is 3. The lowest BCUT2D eigenvalue weighted by molar-refractivity contribution is -0.197. The van der Waals surface area contributed by atoms with Crippen molar-refractivity contribution in [2.24, 2.45) is 16.3 Å². The Labute approximate surface area is 147 Å². The van der Waals surface area contributed by atoms with E-state index in [4.69, 9.17) is 5.11 Å². The summed E-state index contributed by atoms with van der Waals surface area (Å²) in [6.07, 6.45) is -4.44. The van der Waals surface area contributed by atoms with Crippen molar-refractivity contribution < 1.29 is 23.1 Å². The van der Waals surface area contributed by atoms with Gasteiger partial charge >= 0.3 is 12.1 Å². The maximum Gasteiger partial charge on any atom is 0.395 e. The summed E-state index contributed by atoms with van der Waals surface area (Å²) in [5.41, 5.74) is -1.93. The molecule has 0 heterocycles. The summed E-state index contributed by atoms with van der Waals surface area (Å²) in [5.74, 6) is -2.37. The third-order valence-electron chi connectivity index (χ3n) is 3.56. The first kappa shape index (κ1) is 25.3. The zero-order valence-corrected chi connectivity index (χ0v) is 16.3. The normalized spacial score (nSPS) is 16.8. The van der Waals surface area contributed by atoms with Gasteiger partial charge in [0, 0.05) is 13.0 Å². The second-order valence-electron chi connectivity index (χ2n) is 4.86. The van der Waals surface area contributed by atoms with E-state index >= 15 is 0 Å². The number of carboxylic acids is 1. The Morgan fingerprint density at radius 3 is 2.00 bits per heavy atom. The van der Waals surface area contributed by atoms with Crippen LogP contribution in [-0.2, 0) is 4.79 Å². The molecule has 3 nitrogen and oxygen atoms in total. The zero-order valence-electron chi connectivity index (χ0n) is 15.5. The van der Waals surface area contributed by atoms with E-state index in [0.29, 0.717) is 11.3 Å². The van der Waals surface area contributed by atoms with Crippen LogP contribution < -0.4 is 0 Å². The van der Waals surface area contributed by atoms with Crippen LogP contribution in [0, 0.1) is 11.3 Å². The topological polar surface area (TPSA) is 49.7 Å². The van der Waals surface area contributed by atoms with Gasteiger partial charge in [-0.15, -0.1) is 0 Å². The lowest BCUT2D eigenvalue weighted by Crippen LogP contribution is -2.37. The molecule has 1 saturated carbocycles. The van der Waals surface area contributed by atoms with Crippen molar-refractivity contribution in [3.8, 4) is 0 Å². The number of thioether (sulfide) groups is 1. The molecule has 1 unspecified atom stereocenters. The molecule has 1 atom stereocenters. The third kappa shape index (κ3) is 6.87. The smallest absolute Gasteiger partial charge is 0.395 e. The van der Waals surface area contributed by atoms with E-state index < -0.39 is 29.9 Å². The lowest BCUT2D eigenvalue weighted by Gasteiger charge is -2.29. The van der Waals surface area contributed by atoms with Crippen molar-refractivity contribution >= 4 is 22.8 Å². The molecule has 1 rings (SSSR count). The molecule has 1 fully saturated rings. The van der Waals surface area contributed by atoms with Crippen molar-refractivity contribution in [1.82, 2.24) is 0 Å². The van der Waals surface area contributed by atoms with Crippen molar-refractivity contribution in [2.75, 3.05) is 7.05 Å². The summed E-state index contributed by atoms with van der Waals surface area (Å²) >= 11 is 1.07. The summed E-state index contributed by atoms with van der Waals surface area (Å²) in [6, 6.07) is 0. The number of hydrogen-bond acceptors (Lipinski definition) is 3. The fourth-order valence-electron chi connectivity index (χ4n) is 2.15. The second-order valence-corrected chi connectivity index (χ2v) is 6.06. The van der Waals surface area contributed by atoms with Crippen molar-refractivity contribution in [3.05, 3.63) is 11.5 Å². The van der Waals surface area contributed by atoms with Gasteiger partial charge in [-0.3, -0.25) is 9.79 Å². The average Bonchev–Trinajstić information content (AvgIpc) is 3.35. The van der Waals surface area contributed by atoms with Crippen LogP contribution in [0.25, 0.3) is 0 Å². The lowest BCUT2D eigenvalue weighted by atomic mass is 9.86. The number of nitrogens with zero attached hydrogens (tertiary/aromatic N) is 1. The number of rotatable bonds is 6. The predicted octanol–water partition coefficient (Wildman–Crippen LogP) is 6.16. The Kier molecular flexibility index (Phi) is 12.2. The van der Waals surface area contributed by atoms with Gasteiger partial charge in [0.1, 0.15) is 0 Å². The number of halogens is 3. The van der Waals surface area contributed by atoms with Crippen molar-refractivity contribution in [1.29, 1.82) is 0 Å². The fourth-order valence-corrected chi connectivity index (χ4v) is 3.13. The van der Waals surface area contributed by atoms with Gasteiger partial charge in [-0.1, -0.05) is 53.0 Å². The highest BCUT2D eigenvalue weighted by Crippen LogP contribution is 2.64. The Balaban J connectivity index is 0. The Morgan fingerprint density at radius 1 is 1.29 bits per heavy atom. The van der Waals surface area contributed by atoms with Crippen LogP contribution in [0.2, 0.25) is 0 Å². The standard InChI is InChI=1S/C13H18F3NO2S.2C2H6/c1-4-8(2)20-11(17-3)9(7-10(18)19)12(5-6-12)13(14,15)16;2*1-2/h9H,2,4-7H2,1,3H3,(H,18,19);2*1-2H3. The second kappa shape index (κ2) is 11.6. The van der Waals surface area contributed by atoms with Crippen molar-refractivity contribution in [2.45, 2.75) is 66.5 Å². The maximum absolute atomic E-state index is 13.2. The van der Waals surface area contributed by atoms with Crippen LogP contribution in [0.15, 0.2) is 16.5 Å². The molecule has 0 spiro atoms. The van der Waals surface area contributed by atoms with E-state index in [2.05, 4.69) is 11.6 Å². The maximum atomic E-state index is 13.2. The number of carboxylic acid groups (broad SMARTS) is 1. The highest BCUT2D eigenvalue weighted by Gasteiger charge is 2.68. The van der Waals surface area contributed by atoms with Crippen LogP contribution in [-0.4, -0.2) is 29.3 Å². The van der Waals surface area contributed by atoms with Crippen LogP contribution in [0.1, 0.15) is 60.3 Å². The molecule has 24 heavy (non-hydrogen) atoms. The molecule has 0 aromatic rings. The van der Waals surface area contributed by atoms with Gasteiger partial charge in [0.2, 0.25) is 0 Å². The molecule has 0 aromatic carbocycles. The Morgan fingerprint density at radius 2 is 1.75 bits per heavy atom. The van der Waals surface area contributed by atoms with Gasteiger partial charge in [-0.25, -0.2) is 0 Å². The van der Waals surface area contributed by atoms with Crippen LogP contribution >= 0.6 is 11.8 Å². The first-order valence-electron chi connectivity index (χ1n) is 8.28. The molecule has 0 saturated heterocycles. The molecule has 1 aliphatic rings. The van der Waals surface area contributed by atoms with Gasteiger partial charge < -0.3 is 5.11 Å². The van der Waals surface area contributed by atoms with Gasteiger partial charge in [-0.2, -0.15) is 13.2 Å². The molecular weight excluding hydrogens is 339 g/mol. The Hall–Kier alpha value is -0.980. The first-order valence-corrected chi connectivity index (χ1v) is 9.10. The summed E-state index contributed by atoms with van der Waals surface area (Å²) < 4.78 is 39.7. The highest BCUT2D eigenvalue weighted by atomic mass is 32.2. The van der Waals surface area contributed by atoms with Crippen molar-refractivity contribution in [3.63, 3.8) is 0 Å². The van der Waals surface area contributed by atoms with Crippen LogP contribution in [0.5, 0.6) is 0 Å². The van der Waals surface area contributed by atoms with E-state index in [1.54, 1.807) is 0 Å². The molecule has 1 aliphatic carbocycles. The fraction of sp³-hybridized carbons (Fsp3) is 0.765. The van der Waals surface area contributed by atoms with Crippen LogP contribution in [0.4, 0.5) is 13.2 Å². The van der Waals surface area contributed by atoms with E-state index in [-0.39, 0.29) is 17.9 Å². The molecule has 142 valence electrons. The number of hydrogen-bond donors (Lipinski definition) is 1. The number of allylic oxidation sites excluding steroid dienone is 1. The molecule has 0 aromatic heterocycles. The Bertz CT molecular complexity index is 430. The van der Waals surface area contributed by atoms with Gasteiger partial charge in [0.25, 0.3) is 0 Å². The summed E-state index contributed by atoms with van der Waals surface area (Å²) in [7, 11) is 1.40. The van der Waals surface area contributed by atoms with Gasteiger partial charge in [0.05, 0.1) is 16.9 Å². The SMILES string of the molecule is C=C(CC)SC(=NC)C(CC(=O)O)C1(C(F)(F)F)CC1.CC.CC. The summed E-state index contributed by atoms with van der Waals surface area (Å²) in [5, 5.41) is 9.14. The molecule has 0 bridgehead atoms. The van der Waals surface area contributed by atoms with Crippen LogP contribution in [0.3, 0.4) is 0 Å². The third-order valence-corrected chi connectivity index (χ3v) is 4.81. The quantitative estimate of drug-likeness (QED) is 0.451. The van der Waals surface area contributed by atoms with Gasteiger partial charge in [-0.05, 0) is 24.2 Å². The minimum absolute atomic E-state index is 0.0351. The monoisotopic (exact) mass is 369 g/mol. The van der Waals surface area contributed by atoms with E-state index in [9.17, 15) is 18.0 Å². The average molecular weight is 369 g/mol. The summed E-state index contributed by atoms with van der Waals surface area (Å²) in [4.78, 5) is 15.5. The molecule has 0 radical (unpaired) electrons. The van der Waals surface area contributed by atoms with Gasteiger partial charge in [0.15, 0.2) is 0 Å². The first-order chi connectivity index (χ1) is 11.2. The molecular formula is C17H30F3NO2S. The van der Waals surface area contributed by atoms with E-state index in [0.717, 1.165) is 11.8 Å². The minimum Gasteiger partial charge on any atom is -0.481 e. The molecule has 0 aliphatic heterocycles.